The Morgan fingerprint density at radius 1 is 1.09 bits per heavy atom. The van der Waals surface area contributed by atoms with Crippen LogP contribution in [0.15, 0.2) is 67.3 Å². The van der Waals surface area contributed by atoms with Crippen molar-refractivity contribution in [1.82, 2.24) is 9.55 Å². The van der Waals surface area contributed by atoms with Crippen LogP contribution in [-0.4, -0.2) is 15.5 Å². The fraction of sp³-hybridized carbons (Fsp3) is 0.0588. The minimum absolute atomic E-state index is 0.0621. The number of nitrogens with zero attached hydrogens (tertiary/aromatic N) is 2. The highest BCUT2D eigenvalue weighted by Gasteiger charge is 2.17. The Labute approximate surface area is 128 Å². The number of anilines is 1. The number of carbonyl (C=O) groups is 1. The van der Waals surface area contributed by atoms with E-state index in [1.54, 1.807) is 24.7 Å². The minimum atomic E-state index is -0.525. The largest absolute Gasteiger partial charge is 0.398 e. The normalized spacial score (nSPS) is 12.0. The first-order valence-corrected chi connectivity index (χ1v) is 6.88. The molecule has 110 valence electrons. The second kappa shape index (κ2) is 5.73. The summed E-state index contributed by atoms with van der Waals surface area (Å²) in [5.74, 6) is -0.525. The zero-order valence-electron chi connectivity index (χ0n) is 11.9. The molecule has 1 unspecified atom stereocenters. The van der Waals surface area contributed by atoms with Crippen molar-refractivity contribution in [3.05, 3.63) is 83.9 Å². The topological polar surface area (TPSA) is 86.9 Å². The van der Waals surface area contributed by atoms with Gasteiger partial charge in [-0.2, -0.15) is 0 Å². The van der Waals surface area contributed by atoms with Crippen LogP contribution in [-0.2, 0) is 0 Å². The summed E-state index contributed by atoms with van der Waals surface area (Å²) in [5.41, 5.74) is 14.1. The number of benzene rings is 2. The summed E-state index contributed by atoms with van der Waals surface area (Å²) < 4.78 is 1.99. The van der Waals surface area contributed by atoms with Gasteiger partial charge in [0.15, 0.2) is 0 Å². The minimum Gasteiger partial charge on any atom is -0.398 e. The summed E-state index contributed by atoms with van der Waals surface area (Å²) in [7, 11) is 0. The number of imidazole rings is 1. The molecule has 5 nitrogen and oxygen atoms in total. The molecule has 3 aromatic rings. The quantitative estimate of drug-likeness (QED) is 0.723. The molecule has 22 heavy (non-hydrogen) atoms. The SMILES string of the molecule is NC(=O)c1ccc(C(c2ccccc2)n2ccnc2)cc1N. The standard InChI is InChI=1S/C17H16N4O/c18-15-10-13(6-7-14(15)17(19)22)16(21-9-8-20-11-21)12-4-2-1-3-5-12/h1-11,16H,18H2,(H2,19,22). The number of primary amides is 1. The summed E-state index contributed by atoms with van der Waals surface area (Å²) in [6.45, 7) is 0. The van der Waals surface area contributed by atoms with Crippen molar-refractivity contribution in [3.8, 4) is 0 Å². The number of rotatable bonds is 4. The van der Waals surface area contributed by atoms with Crippen LogP contribution < -0.4 is 11.5 Å². The molecule has 5 heteroatoms. The number of hydrogen-bond donors (Lipinski definition) is 2. The lowest BCUT2D eigenvalue weighted by Crippen LogP contribution is -2.15. The molecular formula is C17H16N4O. The number of nitrogen functional groups attached to an aromatic ring is 1. The number of amides is 1. The Hall–Kier alpha value is -3.08. The lowest BCUT2D eigenvalue weighted by Gasteiger charge is -2.20. The van der Waals surface area contributed by atoms with Gasteiger partial charge in [-0.15, -0.1) is 0 Å². The molecule has 2 aromatic carbocycles. The van der Waals surface area contributed by atoms with Gasteiger partial charge >= 0.3 is 0 Å². The molecule has 0 spiro atoms. The van der Waals surface area contributed by atoms with E-state index in [-0.39, 0.29) is 6.04 Å². The van der Waals surface area contributed by atoms with E-state index in [1.807, 2.05) is 47.2 Å². The molecule has 3 rings (SSSR count). The van der Waals surface area contributed by atoms with Gasteiger partial charge in [0.05, 0.1) is 17.9 Å². The van der Waals surface area contributed by atoms with Gasteiger partial charge in [0.2, 0.25) is 0 Å². The zero-order chi connectivity index (χ0) is 15.5. The first-order valence-electron chi connectivity index (χ1n) is 6.88. The van der Waals surface area contributed by atoms with Crippen LogP contribution in [0.2, 0.25) is 0 Å². The second-order valence-electron chi connectivity index (χ2n) is 5.03. The Bertz CT molecular complexity index is 782. The van der Waals surface area contributed by atoms with E-state index in [1.165, 1.54) is 0 Å². The summed E-state index contributed by atoms with van der Waals surface area (Å²) in [4.78, 5) is 15.4. The molecule has 1 aromatic heterocycles. The number of carbonyl (C=O) groups excluding carboxylic acids is 1. The van der Waals surface area contributed by atoms with Gasteiger partial charge in [0.1, 0.15) is 0 Å². The molecule has 0 aliphatic rings. The van der Waals surface area contributed by atoms with Gasteiger partial charge in [0, 0.05) is 18.1 Å². The molecule has 0 saturated heterocycles. The van der Waals surface area contributed by atoms with Crippen LogP contribution >= 0.6 is 0 Å². The third-order valence-corrected chi connectivity index (χ3v) is 3.60. The van der Waals surface area contributed by atoms with Crippen LogP contribution in [0.3, 0.4) is 0 Å². The second-order valence-corrected chi connectivity index (χ2v) is 5.03. The molecule has 0 bridgehead atoms. The lowest BCUT2D eigenvalue weighted by atomic mass is 9.96. The van der Waals surface area contributed by atoms with E-state index in [9.17, 15) is 4.79 Å². The first kappa shape index (κ1) is 13.9. The van der Waals surface area contributed by atoms with Gasteiger partial charge in [0.25, 0.3) is 5.91 Å². The summed E-state index contributed by atoms with van der Waals surface area (Å²) in [5, 5.41) is 0. The molecule has 1 heterocycles. The van der Waals surface area contributed by atoms with Crippen molar-refractivity contribution in [2.24, 2.45) is 5.73 Å². The van der Waals surface area contributed by atoms with Crippen LogP contribution in [0, 0.1) is 0 Å². The fourth-order valence-corrected chi connectivity index (χ4v) is 2.57. The maximum Gasteiger partial charge on any atom is 0.250 e. The van der Waals surface area contributed by atoms with Crippen LogP contribution in [0.5, 0.6) is 0 Å². The van der Waals surface area contributed by atoms with Crippen molar-refractivity contribution in [2.75, 3.05) is 5.73 Å². The Morgan fingerprint density at radius 3 is 2.45 bits per heavy atom. The molecule has 1 atom stereocenters. The molecule has 1 amide bonds. The average molecular weight is 292 g/mol. The van der Waals surface area contributed by atoms with E-state index < -0.39 is 5.91 Å². The Balaban J connectivity index is 2.11. The van der Waals surface area contributed by atoms with Gasteiger partial charge in [-0.1, -0.05) is 36.4 Å². The average Bonchev–Trinajstić information content (AvgIpc) is 3.02. The maximum atomic E-state index is 11.3. The molecule has 0 saturated carbocycles. The molecule has 0 aliphatic heterocycles. The number of hydrogen-bond acceptors (Lipinski definition) is 3. The van der Waals surface area contributed by atoms with Gasteiger partial charge < -0.3 is 16.0 Å². The van der Waals surface area contributed by atoms with E-state index in [4.69, 9.17) is 11.5 Å². The summed E-state index contributed by atoms with van der Waals surface area (Å²) in [6.07, 6.45) is 5.39. The van der Waals surface area contributed by atoms with Gasteiger partial charge in [-0.3, -0.25) is 4.79 Å². The van der Waals surface area contributed by atoms with E-state index >= 15 is 0 Å². The summed E-state index contributed by atoms with van der Waals surface area (Å²) >= 11 is 0. The van der Waals surface area contributed by atoms with Crippen molar-refractivity contribution < 1.29 is 4.79 Å². The van der Waals surface area contributed by atoms with Gasteiger partial charge in [-0.05, 0) is 23.3 Å². The third kappa shape index (κ3) is 2.56. The third-order valence-electron chi connectivity index (χ3n) is 3.60. The highest BCUT2D eigenvalue weighted by molar-refractivity contribution is 5.98. The van der Waals surface area contributed by atoms with Crippen LogP contribution in [0.1, 0.15) is 27.5 Å². The Morgan fingerprint density at radius 2 is 1.86 bits per heavy atom. The van der Waals surface area contributed by atoms with E-state index in [0.29, 0.717) is 11.3 Å². The van der Waals surface area contributed by atoms with Crippen LogP contribution in [0.25, 0.3) is 0 Å². The Kier molecular flexibility index (Phi) is 3.62. The van der Waals surface area contributed by atoms with Crippen molar-refractivity contribution >= 4 is 11.6 Å². The molecular weight excluding hydrogens is 276 g/mol. The van der Waals surface area contributed by atoms with Crippen molar-refractivity contribution in [2.45, 2.75) is 6.04 Å². The monoisotopic (exact) mass is 292 g/mol. The number of nitrogens with two attached hydrogens (primary N) is 2. The number of aromatic nitrogens is 2. The highest BCUT2D eigenvalue weighted by atomic mass is 16.1. The molecule has 0 fully saturated rings. The van der Waals surface area contributed by atoms with Crippen LogP contribution in [0.4, 0.5) is 5.69 Å². The lowest BCUT2D eigenvalue weighted by molar-refractivity contribution is 0.100. The summed E-state index contributed by atoms with van der Waals surface area (Å²) in [6, 6.07) is 15.3. The molecule has 0 aliphatic carbocycles. The van der Waals surface area contributed by atoms with E-state index in [0.717, 1.165) is 11.1 Å². The fourth-order valence-electron chi connectivity index (χ4n) is 2.57. The smallest absolute Gasteiger partial charge is 0.250 e. The molecule has 0 radical (unpaired) electrons. The van der Waals surface area contributed by atoms with E-state index in [2.05, 4.69) is 4.98 Å². The highest BCUT2D eigenvalue weighted by Crippen LogP contribution is 2.28. The van der Waals surface area contributed by atoms with Crippen molar-refractivity contribution in [3.63, 3.8) is 0 Å². The van der Waals surface area contributed by atoms with Crippen molar-refractivity contribution in [1.29, 1.82) is 0 Å². The predicted octanol–water partition coefficient (Wildman–Crippen LogP) is 2.20. The zero-order valence-corrected chi connectivity index (χ0v) is 11.9. The van der Waals surface area contributed by atoms with Gasteiger partial charge in [-0.25, -0.2) is 4.98 Å². The maximum absolute atomic E-state index is 11.3. The molecule has 4 N–H and O–H groups in total. The first-order chi connectivity index (χ1) is 10.7. The predicted molar refractivity (Wildman–Crippen MR) is 85.3 cm³/mol.